The maximum absolute atomic E-state index is 5.67. The molecule has 0 atom stereocenters. The first-order valence-corrected chi connectivity index (χ1v) is 27.1. The van der Waals surface area contributed by atoms with Gasteiger partial charge in [0.15, 0.2) is 0 Å². The number of benzene rings is 12. The molecule has 13 rings (SSSR count). The van der Waals surface area contributed by atoms with Gasteiger partial charge in [-0.2, -0.15) is 0 Å². The fraction of sp³-hybridized carbons (Fsp3) is 0. The van der Waals surface area contributed by atoms with Gasteiger partial charge in [-0.15, -0.1) is 0 Å². The Hall–Kier alpha value is -10.7. The third-order valence-electron chi connectivity index (χ3n) is 14.7. The van der Waals surface area contributed by atoms with Gasteiger partial charge in [0, 0.05) is 56.4 Å². The molecule has 0 saturated carbocycles. The highest BCUT2D eigenvalue weighted by atomic mass is 15.1. The van der Waals surface area contributed by atoms with Gasteiger partial charge < -0.3 is 9.80 Å². The highest BCUT2D eigenvalue weighted by molar-refractivity contribution is 5.89. The van der Waals surface area contributed by atoms with Crippen LogP contribution < -0.4 is 9.80 Å². The van der Waals surface area contributed by atoms with Crippen molar-refractivity contribution < 1.29 is 0 Å². The van der Waals surface area contributed by atoms with Crippen LogP contribution in [-0.2, 0) is 0 Å². The van der Waals surface area contributed by atoms with E-state index in [1.165, 1.54) is 44.5 Å². The Morgan fingerprint density at radius 3 is 0.463 bits per heavy atom. The summed E-state index contributed by atoms with van der Waals surface area (Å²) in [4.78, 5) is 16.0. The summed E-state index contributed by atoms with van der Waals surface area (Å²) in [5.74, 6) is 0. The van der Waals surface area contributed by atoms with E-state index in [0.717, 1.165) is 79.2 Å². The average molecular weight is 1020 g/mol. The molecule has 0 radical (unpaired) electrons. The van der Waals surface area contributed by atoms with Gasteiger partial charge >= 0.3 is 0 Å². The lowest BCUT2D eigenvalue weighted by Crippen LogP contribution is -2.10. The second kappa shape index (κ2) is 22.5. The second-order valence-corrected chi connectivity index (χ2v) is 19.8. The maximum Gasteiger partial charge on any atom is 0.0973 e. The molecule has 1 heterocycles. The SMILES string of the molecule is c1ccc(-c2ccc(N(c3ccc(-c4ccccc4)cc3)c3ccc(-c4nc(-c5ccccc5)c(-c5ccccc5)nc4-c4ccc(N(c5ccc(-c6ccccc6)cc5)c5ccc(-c6ccccc6)cc5)cc4)cc3)cc2)cc1. The van der Waals surface area contributed by atoms with Crippen LogP contribution in [0.4, 0.5) is 34.1 Å². The van der Waals surface area contributed by atoms with Gasteiger partial charge in [-0.1, -0.05) is 255 Å². The molecule has 0 aliphatic carbocycles. The van der Waals surface area contributed by atoms with Crippen molar-refractivity contribution in [2.24, 2.45) is 0 Å². The second-order valence-electron chi connectivity index (χ2n) is 19.8. The molecule has 13 aromatic rings. The Balaban J connectivity index is 0.922. The largest absolute Gasteiger partial charge is 0.311 e. The topological polar surface area (TPSA) is 32.3 Å². The van der Waals surface area contributed by atoms with Crippen LogP contribution in [0.2, 0.25) is 0 Å². The lowest BCUT2D eigenvalue weighted by atomic mass is 9.98. The molecular formula is C76H54N4. The third kappa shape index (κ3) is 10.3. The summed E-state index contributed by atoms with van der Waals surface area (Å²) in [7, 11) is 0. The van der Waals surface area contributed by atoms with E-state index in [1.807, 2.05) is 12.1 Å². The molecule has 80 heavy (non-hydrogen) atoms. The smallest absolute Gasteiger partial charge is 0.0973 e. The molecule has 0 aliphatic heterocycles. The van der Waals surface area contributed by atoms with Crippen molar-refractivity contribution in [3.63, 3.8) is 0 Å². The number of hydrogen-bond acceptors (Lipinski definition) is 4. The van der Waals surface area contributed by atoms with Crippen molar-refractivity contribution in [3.05, 3.63) is 328 Å². The summed E-state index contributed by atoms with van der Waals surface area (Å²) in [6.07, 6.45) is 0. The number of nitrogens with zero attached hydrogens (tertiary/aromatic N) is 4. The molecule has 12 aromatic carbocycles. The minimum absolute atomic E-state index is 0.790. The molecule has 4 nitrogen and oxygen atoms in total. The van der Waals surface area contributed by atoms with Gasteiger partial charge in [0.1, 0.15) is 0 Å². The summed E-state index contributed by atoms with van der Waals surface area (Å²) in [6, 6.07) is 116. The minimum Gasteiger partial charge on any atom is -0.311 e. The van der Waals surface area contributed by atoms with Crippen molar-refractivity contribution >= 4 is 34.1 Å². The van der Waals surface area contributed by atoms with E-state index in [1.54, 1.807) is 0 Å². The maximum atomic E-state index is 5.67. The zero-order valence-corrected chi connectivity index (χ0v) is 44.0. The summed E-state index contributed by atoms with van der Waals surface area (Å²) in [6.45, 7) is 0. The molecular weight excluding hydrogens is 969 g/mol. The average Bonchev–Trinajstić information content (AvgIpc) is 3.59. The van der Waals surface area contributed by atoms with Crippen molar-refractivity contribution in [2.75, 3.05) is 9.80 Å². The summed E-state index contributed by atoms with van der Waals surface area (Å²) in [5, 5.41) is 0. The van der Waals surface area contributed by atoms with Crippen LogP contribution in [0.25, 0.3) is 89.5 Å². The van der Waals surface area contributed by atoms with Crippen LogP contribution in [0.5, 0.6) is 0 Å². The molecule has 378 valence electrons. The normalized spacial score (nSPS) is 11.0. The predicted octanol–water partition coefficient (Wildman–Crippen LogP) is 20.8. The van der Waals surface area contributed by atoms with E-state index in [-0.39, 0.29) is 0 Å². The van der Waals surface area contributed by atoms with Crippen molar-refractivity contribution in [1.82, 2.24) is 9.97 Å². The molecule has 0 spiro atoms. The Kier molecular flexibility index (Phi) is 13.8. The molecule has 4 heteroatoms. The van der Waals surface area contributed by atoms with Gasteiger partial charge in [-0.25, -0.2) is 9.97 Å². The Labute approximate surface area is 468 Å². The first kappa shape index (κ1) is 48.9. The van der Waals surface area contributed by atoms with Crippen molar-refractivity contribution in [2.45, 2.75) is 0 Å². The van der Waals surface area contributed by atoms with Crippen LogP contribution in [0.3, 0.4) is 0 Å². The summed E-state index contributed by atoms with van der Waals surface area (Å²) >= 11 is 0. The highest BCUT2D eigenvalue weighted by Gasteiger charge is 2.22. The molecule has 0 aliphatic rings. The van der Waals surface area contributed by atoms with E-state index < -0.39 is 0 Å². The minimum atomic E-state index is 0.790. The zero-order valence-electron chi connectivity index (χ0n) is 44.0. The number of rotatable bonds is 14. The third-order valence-corrected chi connectivity index (χ3v) is 14.7. The molecule has 0 unspecified atom stereocenters. The van der Waals surface area contributed by atoms with Gasteiger partial charge in [0.05, 0.1) is 22.8 Å². The Morgan fingerprint density at radius 2 is 0.275 bits per heavy atom. The molecule has 0 N–H and O–H groups in total. The molecule has 0 saturated heterocycles. The van der Waals surface area contributed by atoms with Crippen LogP contribution >= 0.6 is 0 Å². The van der Waals surface area contributed by atoms with Crippen LogP contribution in [0.1, 0.15) is 0 Å². The van der Waals surface area contributed by atoms with Gasteiger partial charge in [-0.05, 0) is 117 Å². The van der Waals surface area contributed by atoms with Gasteiger partial charge in [0.2, 0.25) is 0 Å². The van der Waals surface area contributed by atoms with E-state index in [9.17, 15) is 0 Å². The summed E-state index contributed by atoms with van der Waals surface area (Å²) < 4.78 is 0. The fourth-order valence-corrected chi connectivity index (χ4v) is 10.6. The number of hydrogen-bond donors (Lipinski definition) is 0. The quantitative estimate of drug-likeness (QED) is 0.109. The van der Waals surface area contributed by atoms with Crippen LogP contribution in [0.15, 0.2) is 328 Å². The number of aromatic nitrogens is 2. The van der Waals surface area contributed by atoms with Gasteiger partial charge in [0.25, 0.3) is 0 Å². The molecule has 0 fully saturated rings. The van der Waals surface area contributed by atoms with Crippen molar-refractivity contribution in [1.29, 1.82) is 0 Å². The lowest BCUT2D eigenvalue weighted by Gasteiger charge is -2.26. The Morgan fingerprint density at radius 1 is 0.138 bits per heavy atom. The van der Waals surface area contributed by atoms with Crippen LogP contribution in [0, 0.1) is 0 Å². The number of anilines is 6. The van der Waals surface area contributed by atoms with Crippen LogP contribution in [-0.4, -0.2) is 9.97 Å². The van der Waals surface area contributed by atoms with Gasteiger partial charge in [-0.3, -0.25) is 0 Å². The predicted molar refractivity (Wildman–Crippen MR) is 335 cm³/mol. The summed E-state index contributed by atoms with van der Waals surface area (Å²) in [5.41, 5.74) is 22.8. The molecule has 0 bridgehead atoms. The molecule has 0 amide bonds. The standard InChI is InChI=1S/C76H54N4/c1-7-19-55(20-8-1)59-31-43-67(44-32-59)79(68-45-33-60(34-46-68)56-21-9-2-10-22-56)71-51-39-65(40-52-71)75-76(78-74(64-29-17-6-18-30-64)73(77-75)63-27-15-5-16-28-63)66-41-53-72(54-42-66)80(69-47-35-61(36-48-69)57-23-11-3-12-24-57)70-49-37-62(38-50-70)58-25-13-4-14-26-58/h1-54H. The van der Waals surface area contributed by atoms with E-state index in [4.69, 9.17) is 9.97 Å². The molecule has 1 aromatic heterocycles. The monoisotopic (exact) mass is 1020 g/mol. The van der Waals surface area contributed by atoms with Crippen molar-refractivity contribution in [3.8, 4) is 89.5 Å². The zero-order chi connectivity index (χ0) is 53.5. The highest BCUT2D eigenvalue weighted by Crippen LogP contribution is 2.43. The van der Waals surface area contributed by atoms with E-state index in [0.29, 0.717) is 0 Å². The fourth-order valence-electron chi connectivity index (χ4n) is 10.6. The first-order chi connectivity index (χ1) is 39.7. The Bertz CT molecular complexity index is 3680. The van der Waals surface area contributed by atoms with E-state index >= 15 is 0 Å². The lowest BCUT2D eigenvalue weighted by molar-refractivity contribution is 1.21. The first-order valence-electron chi connectivity index (χ1n) is 27.1. The van der Waals surface area contributed by atoms with E-state index in [2.05, 4.69) is 325 Å².